The van der Waals surface area contributed by atoms with E-state index < -0.39 is 18.1 Å². The van der Waals surface area contributed by atoms with Crippen LogP contribution in [0.2, 0.25) is 0 Å². The molecular weight excluding hydrogens is 171 g/mol. The van der Waals surface area contributed by atoms with Gasteiger partial charge in [0.2, 0.25) is 0 Å². The van der Waals surface area contributed by atoms with Gasteiger partial charge in [-0.3, -0.25) is 9.18 Å². The third kappa shape index (κ3) is 2.42. The van der Waals surface area contributed by atoms with Gasteiger partial charge in [-0.1, -0.05) is 25.7 Å². The number of halogens is 1. The molecule has 3 heteroatoms. The highest BCUT2D eigenvalue weighted by atomic mass is 19.1. The molecule has 0 aromatic heterocycles. The molecule has 0 spiro atoms. The Balaban J connectivity index is 2.67. The molecule has 1 aliphatic rings. The summed E-state index contributed by atoms with van der Waals surface area (Å²) < 4.78 is 12.3. The number of carbonyl (C=O) groups is 1. The smallest absolute Gasteiger partial charge is 0.309 e. The van der Waals surface area contributed by atoms with Crippen LogP contribution in [0.1, 0.15) is 44.9 Å². The normalized spacial score (nSPS) is 22.2. The summed E-state index contributed by atoms with van der Waals surface area (Å²) in [6.45, 7) is -0.508. The van der Waals surface area contributed by atoms with Gasteiger partial charge in [-0.05, 0) is 19.3 Å². The lowest BCUT2D eigenvalue weighted by atomic mass is 9.78. The highest BCUT2D eigenvalue weighted by Crippen LogP contribution is 2.38. The van der Waals surface area contributed by atoms with E-state index in [1.54, 1.807) is 0 Å². The first-order valence-corrected chi connectivity index (χ1v) is 5.01. The fraction of sp³-hybridized carbons (Fsp3) is 0.900. The van der Waals surface area contributed by atoms with Gasteiger partial charge in [-0.2, -0.15) is 0 Å². The number of hydrogen-bond donors (Lipinski definition) is 1. The van der Waals surface area contributed by atoms with E-state index in [-0.39, 0.29) is 6.42 Å². The third-order valence-corrected chi connectivity index (χ3v) is 3.09. The molecule has 0 unspecified atom stereocenters. The SMILES string of the molecule is O=C(O)C1(CCF)CCCCCC1. The zero-order valence-corrected chi connectivity index (χ0v) is 7.89. The Morgan fingerprint density at radius 1 is 1.23 bits per heavy atom. The molecule has 0 atom stereocenters. The van der Waals surface area contributed by atoms with E-state index in [1.165, 1.54) is 0 Å². The fourth-order valence-electron chi connectivity index (χ4n) is 2.16. The Hall–Kier alpha value is -0.600. The Kier molecular flexibility index (Phi) is 3.70. The highest BCUT2D eigenvalue weighted by molar-refractivity contribution is 5.74. The minimum absolute atomic E-state index is 0.197. The van der Waals surface area contributed by atoms with Crippen LogP contribution in [-0.2, 0) is 4.79 Å². The molecule has 0 amide bonds. The van der Waals surface area contributed by atoms with Gasteiger partial charge in [0.1, 0.15) is 0 Å². The van der Waals surface area contributed by atoms with Gasteiger partial charge in [0.05, 0.1) is 12.1 Å². The van der Waals surface area contributed by atoms with Crippen LogP contribution >= 0.6 is 0 Å². The molecule has 0 aromatic rings. The second-order valence-electron chi connectivity index (χ2n) is 3.94. The van der Waals surface area contributed by atoms with Crippen LogP contribution in [-0.4, -0.2) is 17.8 Å². The van der Waals surface area contributed by atoms with E-state index in [1.807, 2.05) is 0 Å². The van der Waals surface area contributed by atoms with Gasteiger partial charge in [-0.15, -0.1) is 0 Å². The first kappa shape index (κ1) is 10.5. The van der Waals surface area contributed by atoms with Crippen molar-refractivity contribution in [2.45, 2.75) is 44.9 Å². The standard InChI is InChI=1S/C10H17FO2/c11-8-7-10(9(12)13)5-3-1-2-4-6-10/h1-8H2,(H,12,13). The molecule has 13 heavy (non-hydrogen) atoms. The van der Waals surface area contributed by atoms with E-state index in [9.17, 15) is 9.18 Å². The quantitative estimate of drug-likeness (QED) is 0.691. The summed E-state index contributed by atoms with van der Waals surface area (Å²) in [6.07, 6.45) is 5.59. The van der Waals surface area contributed by atoms with Crippen molar-refractivity contribution in [2.75, 3.05) is 6.67 Å². The molecule has 0 radical (unpaired) electrons. The molecule has 1 aliphatic carbocycles. The molecule has 0 aliphatic heterocycles. The van der Waals surface area contributed by atoms with Crippen LogP contribution in [0.3, 0.4) is 0 Å². The van der Waals surface area contributed by atoms with Gasteiger partial charge in [0, 0.05) is 0 Å². The Morgan fingerprint density at radius 3 is 2.15 bits per heavy atom. The van der Waals surface area contributed by atoms with E-state index in [2.05, 4.69) is 0 Å². The lowest BCUT2D eigenvalue weighted by Gasteiger charge is -2.26. The number of hydrogen-bond acceptors (Lipinski definition) is 1. The zero-order chi connectivity index (χ0) is 9.73. The van der Waals surface area contributed by atoms with Crippen LogP contribution in [0.25, 0.3) is 0 Å². The van der Waals surface area contributed by atoms with Crippen molar-refractivity contribution in [3.8, 4) is 0 Å². The topological polar surface area (TPSA) is 37.3 Å². The minimum atomic E-state index is -0.799. The maximum absolute atomic E-state index is 12.3. The van der Waals surface area contributed by atoms with Crippen molar-refractivity contribution in [3.63, 3.8) is 0 Å². The Morgan fingerprint density at radius 2 is 1.77 bits per heavy atom. The van der Waals surface area contributed by atoms with Crippen molar-refractivity contribution in [2.24, 2.45) is 5.41 Å². The van der Waals surface area contributed by atoms with Crippen molar-refractivity contribution < 1.29 is 14.3 Å². The summed E-state index contributed by atoms with van der Waals surface area (Å²) in [7, 11) is 0. The van der Waals surface area contributed by atoms with Crippen LogP contribution < -0.4 is 0 Å². The average molecular weight is 188 g/mol. The van der Waals surface area contributed by atoms with Crippen LogP contribution in [0.5, 0.6) is 0 Å². The first-order chi connectivity index (χ1) is 6.21. The van der Waals surface area contributed by atoms with Crippen molar-refractivity contribution in [1.29, 1.82) is 0 Å². The molecule has 1 fully saturated rings. The van der Waals surface area contributed by atoms with E-state index in [0.717, 1.165) is 25.7 Å². The Labute approximate surface area is 78.1 Å². The summed E-state index contributed by atoms with van der Waals surface area (Å²) >= 11 is 0. The average Bonchev–Trinajstić information content (AvgIpc) is 2.31. The second kappa shape index (κ2) is 4.58. The molecule has 1 saturated carbocycles. The molecule has 2 nitrogen and oxygen atoms in total. The number of aliphatic carboxylic acids is 1. The summed E-state index contributed by atoms with van der Waals surface area (Å²) in [6, 6.07) is 0. The molecule has 0 bridgehead atoms. The maximum Gasteiger partial charge on any atom is 0.309 e. The van der Waals surface area contributed by atoms with Gasteiger partial charge in [-0.25, -0.2) is 0 Å². The van der Waals surface area contributed by atoms with E-state index in [4.69, 9.17) is 5.11 Å². The van der Waals surface area contributed by atoms with Gasteiger partial charge in [0.15, 0.2) is 0 Å². The lowest BCUT2D eigenvalue weighted by Crippen LogP contribution is -2.31. The summed E-state index contributed by atoms with van der Waals surface area (Å²) in [4.78, 5) is 11.1. The third-order valence-electron chi connectivity index (χ3n) is 3.09. The molecule has 1 rings (SSSR count). The van der Waals surface area contributed by atoms with Crippen LogP contribution in [0.4, 0.5) is 4.39 Å². The molecular formula is C10H17FO2. The number of alkyl halides is 1. The lowest BCUT2D eigenvalue weighted by molar-refractivity contribution is -0.150. The monoisotopic (exact) mass is 188 g/mol. The predicted molar refractivity (Wildman–Crippen MR) is 48.4 cm³/mol. The van der Waals surface area contributed by atoms with Gasteiger partial charge >= 0.3 is 5.97 Å². The van der Waals surface area contributed by atoms with Crippen molar-refractivity contribution in [3.05, 3.63) is 0 Å². The predicted octanol–water partition coefficient (Wildman–Crippen LogP) is 2.77. The van der Waals surface area contributed by atoms with E-state index in [0.29, 0.717) is 12.8 Å². The fourth-order valence-corrected chi connectivity index (χ4v) is 2.16. The summed E-state index contributed by atoms with van der Waals surface area (Å²) in [5.74, 6) is -0.799. The number of rotatable bonds is 3. The van der Waals surface area contributed by atoms with Crippen molar-refractivity contribution in [1.82, 2.24) is 0 Å². The van der Waals surface area contributed by atoms with Gasteiger partial charge in [0.25, 0.3) is 0 Å². The molecule has 0 saturated heterocycles. The Bertz CT molecular complexity index is 172. The molecule has 0 aromatic carbocycles. The number of carboxylic acids is 1. The minimum Gasteiger partial charge on any atom is -0.481 e. The number of carboxylic acid groups (broad SMARTS) is 1. The van der Waals surface area contributed by atoms with Crippen molar-refractivity contribution >= 4 is 5.97 Å². The van der Waals surface area contributed by atoms with E-state index >= 15 is 0 Å². The van der Waals surface area contributed by atoms with Gasteiger partial charge < -0.3 is 5.11 Å². The van der Waals surface area contributed by atoms with Crippen LogP contribution in [0.15, 0.2) is 0 Å². The molecule has 0 heterocycles. The maximum atomic E-state index is 12.3. The first-order valence-electron chi connectivity index (χ1n) is 5.01. The molecule has 1 N–H and O–H groups in total. The zero-order valence-electron chi connectivity index (χ0n) is 7.89. The summed E-state index contributed by atoms with van der Waals surface area (Å²) in [5, 5.41) is 9.08. The molecule has 76 valence electrons. The highest BCUT2D eigenvalue weighted by Gasteiger charge is 2.37. The largest absolute Gasteiger partial charge is 0.481 e. The second-order valence-corrected chi connectivity index (χ2v) is 3.94. The van der Waals surface area contributed by atoms with Crippen LogP contribution in [0, 0.1) is 5.41 Å². The summed E-state index contributed by atoms with van der Waals surface area (Å²) in [5.41, 5.74) is -0.745.